The number of fused-ring (bicyclic) bond motifs is 3. The number of allylic oxidation sites excluding steroid dienone is 1. The third kappa shape index (κ3) is 6.72. The van der Waals surface area contributed by atoms with Crippen molar-refractivity contribution in [2.45, 2.75) is 81.2 Å². The topological polar surface area (TPSA) is 169 Å². The smallest absolute Gasteiger partial charge is 0.318 e. The number of amides is 4. The molecule has 3 N–H and O–H groups in total. The summed E-state index contributed by atoms with van der Waals surface area (Å²) in [4.78, 5) is 52.4. The van der Waals surface area contributed by atoms with Crippen LogP contribution in [0.1, 0.15) is 56.9 Å². The fourth-order valence-electron chi connectivity index (χ4n) is 6.91. The molecule has 7 rings (SSSR count). The predicted octanol–water partition coefficient (Wildman–Crippen LogP) is 3.76. The lowest BCUT2D eigenvalue weighted by molar-refractivity contribution is -0.131. The van der Waals surface area contributed by atoms with E-state index >= 15 is 0 Å². The number of aromatic nitrogens is 2. The number of nitrogens with one attached hydrogen (secondary N) is 3. The van der Waals surface area contributed by atoms with Crippen molar-refractivity contribution < 1.29 is 32.3 Å². The van der Waals surface area contributed by atoms with Crippen LogP contribution < -0.4 is 24.8 Å². The standard InChI is InChI=1S/C36H42N6O7S/c1-22-29(48-2)17-16-27-30(22)38-31(23-11-7-6-8-12-23)39-33(27)49-25-19-28-32(43)40-36(34(44)41-50(46,47)26-14-15-26)20-24(36)13-9-4-3-5-10-18-37-35(45)42(28)21-25/h6-9,11-13,16-17,24-26,28H,3-5,10,14-15,18-21H2,1-2H3,(H,37,45)(H,40,43)(H,41,44)/t24-,25-,28+,36-/m1/s1. The molecule has 2 aromatic carbocycles. The first-order valence-corrected chi connectivity index (χ1v) is 18.8. The zero-order valence-electron chi connectivity index (χ0n) is 28.2. The van der Waals surface area contributed by atoms with Gasteiger partial charge in [-0.15, -0.1) is 0 Å². The molecule has 2 aliphatic carbocycles. The van der Waals surface area contributed by atoms with Gasteiger partial charge in [0.05, 0.1) is 29.8 Å². The van der Waals surface area contributed by atoms with Gasteiger partial charge in [0, 0.05) is 30.0 Å². The Balaban J connectivity index is 1.19. The van der Waals surface area contributed by atoms with E-state index in [1.165, 1.54) is 4.90 Å². The maximum Gasteiger partial charge on any atom is 0.318 e. The molecule has 50 heavy (non-hydrogen) atoms. The number of rotatable bonds is 7. The Kier molecular flexibility index (Phi) is 9.14. The summed E-state index contributed by atoms with van der Waals surface area (Å²) in [5, 5.41) is 5.90. The number of carbonyl (C=O) groups excluding carboxylic acids is 3. The van der Waals surface area contributed by atoms with Crippen LogP contribution in [0.2, 0.25) is 0 Å². The highest BCUT2D eigenvalue weighted by atomic mass is 32.2. The molecule has 3 fully saturated rings. The molecule has 0 bridgehead atoms. The average Bonchev–Trinajstić information content (AvgIpc) is 4.03. The van der Waals surface area contributed by atoms with Gasteiger partial charge in [0.25, 0.3) is 5.91 Å². The highest BCUT2D eigenvalue weighted by molar-refractivity contribution is 7.91. The summed E-state index contributed by atoms with van der Waals surface area (Å²) in [5.41, 5.74) is 0.826. The van der Waals surface area contributed by atoms with Gasteiger partial charge >= 0.3 is 6.03 Å². The quantitative estimate of drug-likeness (QED) is 0.311. The summed E-state index contributed by atoms with van der Waals surface area (Å²) >= 11 is 0. The zero-order valence-corrected chi connectivity index (χ0v) is 29.0. The lowest BCUT2D eigenvalue weighted by atomic mass is 10.1. The second-order valence-corrected chi connectivity index (χ2v) is 15.6. The summed E-state index contributed by atoms with van der Waals surface area (Å²) in [7, 11) is -2.24. The fourth-order valence-corrected chi connectivity index (χ4v) is 8.28. The van der Waals surface area contributed by atoms with Crippen LogP contribution in [0, 0.1) is 12.8 Å². The molecule has 2 saturated carbocycles. The van der Waals surface area contributed by atoms with Gasteiger partial charge in [-0.05, 0) is 57.6 Å². The molecule has 3 heterocycles. The number of carbonyl (C=O) groups is 3. The van der Waals surface area contributed by atoms with E-state index in [-0.39, 0.29) is 25.3 Å². The number of sulfonamides is 1. The van der Waals surface area contributed by atoms with Crippen LogP contribution in [0.5, 0.6) is 11.6 Å². The van der Waals surface area contributed by atoms with Crippen molar-refractivity contribution in [2.24, 2.45) is 5.92 Å². The maximum atomic E-state index is 14.1. The van der Waals surface area contributed by atoms with Gasteiger partial charge in [0.15, 0.2) is 5.82 Å². The molecule has 2 aliphatic heterocycles. The SMILES string of the molecule is COc1ccc2c(O[C@@H]3C[C@H]4C(=O)N[C@]5(C(=O)NS(=O)(=O)C6CC6)C[C@H]5C=CCCCCCNC(=O)N4C3)nc(-c3ccccc3)nc2c1C. The van der Waals surface area contributed by atoms with Crippen molar-refractivity contribution >= 4 is 38.8 Å². The average molecular weight is 703 g/mol. The lowest BCUT2D eigenvalue weighted by Gasteiger charge is -2.26. The van der Waals surface area contributed by atoms with Crippen LogP contribution >= 0.6 is 0 Å². The molecule has 4 atom stereocenters. The Morgan fingerprint density at radius 2 is 1.86 bits per heavy atom. The summed E-state index contributed by atoms with van der Waals surface area (Å²) < 4.78 is 39.8. The number of urea groups is 1. The minimum atomic E-state index is -3.84. The van der Waals surface area contributed by atoms with Gasteiger partial charge in [-0.1, -0.05) is 48.9 Å². The number of methoxy groups -OCH3 is 1. The first kappa shape index (κ1) is 33.8. The second kappa shape index (κ2) is 13.5. The van der Waals surface area contributed by atoms with Gasteiger partial charge in [0.1, 0.15) is 23.4 Å². The van der Waals surface area contributed by atoms with E-state index in [2.05, 4.69) is 15.4 Å². The summed E-state index contributed by atoms with van der Waals surface area (Å²) in [6.45, 7) is 2.45. The van der Waals surface area contributed by atoms with Gasteiger partial charge in [0.2, 0.25) is 21.8 Å². The Morgan fingerprint density at radius 3 is 2.62 bits per heavy atom. The van der Waals surface area contributed by atoms with Gasteiger partial charge in [-0.3, -0.25) is 14.3 Å². The van der Waals surface area contributed by atoms with E-state index in [1.807, 2.05) is 61.5 Å². The van der Waals surface area contributed by atoms with Crippen molar-refractivity contribution in [1.29, 1.82) is 0 Å². The first-order valence-electron chi connectivity index (χ1n) is 17.3. The van der Waals surface area contributed by atoms with Crippen molar-refractivity contribution in [1.82, 2.24) is 30.2 Å². The number of ether oxygens (including phenoxy) is 2. The maximum absolute atomic E-state index is 14.1. The molecule has 264 valence electrons. The van der Waals surface area contributed by atoms with E-state index in [0.717, 1.165) is 36.8 Å². The molecule has 0 radical (unpaired) electrons. The normalized spacial score (nSPS) is 25.7. The second-order valence-electron chi connectivity index (χ2n) is 13.6. The molecule has 14 heteroatoms. The van der Waals surface area contributed by atoms with Crippen LogP contribution in [0.3, 0.4) is 0 Å². The number of aryl methyl sites for hydroxylation is 1. The number of hydrogen-bond acceptors (Lipinski definition) is 9. The Bertz CT molecular complexity index is 1950. The van der Waals surface area contributed by atoms with Crippen molar-refractivity contribution in [3.05, 3.63) is 60.2 Å². The summed E-state index contributed by atoms with van der Waals surface area (Å²) in [6, 6.07) is 11.8. The molecule has 0 spiro atoms. The minimum Gasteiger partial charge on any atom is -0.496 e. The Labute approximate surface area is 291 Å². The highest BCUT2D eigenvalue weighted by Gasteiger charge is 2.62. The van der Waals surface area contributed by atoms with Crippen molar-refractivity contribution in [3.63, 3.8) is 0 Å². The lowest BCUT2D eigenvalue weighted by Crippen LogP contribution is -2.57. The molecule has 4 aliphatic rings. The van der Waals surface area contributed by atoms with Crippen LogP contribution in [0.25, 0.3) is 22.3 Å². The Hall–Kier alpha value is -4.72. The predicted molar refractivity (Wildman–Crippen MR) is 186 cm³/mol. The third-order valence-corrected chi connectivity index (χ3v) is 11.9. The van der Waals surface area contributed by atoms with Crippen LogP contribution in [-0.4, -0.2) is 84.3 Å². The molecular formula is C36H42N6O7S. The summed E-state index contributed by atoms with van der Waals surface area (Å²) in [5.74, 6) is -0.237. The third-order valence-electron chi connectivity index (χ3n) is 10.0. The highest BCUT2D eigenvalue weighted by Crippen LogP contribution is 2.46. The fraction of sp³-hybridized carbons (Fsp3) is 0.472. The van der Waals surface area contributed by atoms with E-state index in [4.69, 9.17) is 19.4 Å². The zero-order chi connectivity index (χ0) is 35.0. The van der Waals surface area contributed by atoms with Crippen molar-refractivity contribution in [3.8, 4) is 23.0 Å². The number of hydrogen-bond donors (Lipinski definition) is 3. The van der Waals surface area contributed by atoms with Gasteiger partial charge < -0.3 is 25.0 Å². The largest absolute Gasteiger partial charge is 0.496 e. The molecule has 3 aromatic rings. The van der Waals surface area contributed by atoms with Crippen LogP contribution in [-0.2, 0) is 19.6 Å². The van der Waals surface area contributed by atoms with Gasteiger partial charge in [-0.25, -0.2) is 18.2 Å². The van der Waals surface area contributed by atoms with Crippen LogP contribution in [0.15, 0.2) is 54.6 Å². The molecular weight excluding hydrogens is 660 g/mol. The monoisotopic (exact) mass is 702 g/mol. The number of benzene rings is 2. The molecule has 4 amide bonds. The first-order chi connectivity index (χ1) is 24.1. The molecule has 13 nitrogen and oxygen atoms in total. The van der Waals surface area contributed by atoms with E-state index in [9.17, 15) is 22.8 Å². The van der Waals surface area contributed by atoms with E-state index in [0.29, 0.717) is 47.7 Å². The van der Waals surface area contributed by atoms with Gasteiger partial charge in [-0.2, -0.15) is 4.98 Å². The molecule has 1 saturated heterocycles. The minimum absolute atomic E-state index is 0.0871. The molecule has 1 aromatic heterocycles. The number of nitrogens with zero attached hydrogens (tertiary/aromatic N) is 3. The Morgan fingerprint density at radius 1 is 1.06 bits per heavy atom. The van der Waals surface area contributed by atoms with E-state index < -0.39 is 50.8 Å². The molecule has 0 unspecified atom stereocenters. The van der Waals surface area contributed by atoms with Crippen LogP contribution in [0.4, 0.5) is 4.79 Å². The van der Waals surface area contributed by atoms with Crippen molar-refractivity contribution in [2.75, 3.05) is 20.2 Å². The van der Waals surface area contributed by atoms with E-state index in [1.54, 1.807) is 7.11 Å². The summed E-state index contributed by atoms with van der Waals surface area (Å²) in [6.07, 6.45) is 7.97.